The normalized spacial score (nSPS) is 12.1. The standard InChI is InChI=1S/C14H6N8O17/c23-15(24)7-3-1-5(9(17(27)28)11(7)19(31)32)13(21(35)36)39-14(22(37)38)6-2-4-8(16(25)26)12(20(33)34)10(6)18(29)30/h1-4,13-14H. The van der Waals surface area contributed by atoms with Crippen LogP contribution in [0.3, 0.4) is 0 Å². The number of hydrogen-bond donors (Lipinski definition) is 0. The van der Waals surface area contributed by atoms with Crippen LogP contribution >= 0.6 is 0 Å². The summed E-state index contributed by atoms with van der Waals surface area (Å²) in [6.07, 6.45) is -6.34. The number of nitro benzene ring substituents is 6. The van der Waals surface area contributed by atoms with E-state index < -0.39 is 97.1 Å². The monoisotopic (exact) mass is 558 g/mol. The Kier molecular flexibility index (Phi) is 7.91. The topological polar surface area (TPSA) is 354 Å². The zero-order chi connectivity index (χ0) is 29.9. The molecular formula is C14H6N8O17. The van der Waals surface area contributed by atoms with Crippen molar-refractivity contribution in [2.45, 2.75) is 12.5 Å². The Bertz CT molecular complexity index is 1380. The molecule has 2 rings (SSSR count). The third-order valence-electron chi connectivity index (χ3n) is 4.62. The van der Waals surface area contributed by atoms with Gasteiger partial charge in [-0.3, -0.25) is 80.9 Å². The number of rotatable bonds is 12. The van der Waals surface area contributed by atoms with E-state index in [2.05, 4.69) is 4.74 Å². The van der Waals surface area contributed by atoms with Crippen LogP contribution in [0.5, 0.6) is 0 Å². The summed E-state index contributed by atoms with van der Waals surface area (Å²) in [5.74, 6) is 0. The van der Waals surface area contributed by atoms with Crippen LogP contribution in [0.2, 0.25) is 0 Å². The van der Waals surface area contributed by atoms with Gasteiger partial charge in [0.25, 0.3) is 0 Å². The van der Waals surface area contributed by atoms with E-state index in [1.54, 1.807) is 0 Å². The summed E-state index contributed by atoms with van der Waals surface area (Å²) >= 11 is 0. The first-order valence-electron chi connectivity index (χ1n) is 9.15. The van der Waals surface area contributed by atoms with Crippen LogP contribution in [0.4, 0.5) is 34.1 Å². The van der Waals surface area contributed by atoms with Crippen molar-refractivity contribution in [2.24, 2.45) is 0 Å². The summed E-state index contributed by atoms with van der Waals surface area (Å²) in [5.41, 5.74) is -13.5. The molecule has 0 spiro atoms. The van der Waals surface area contributed by atoms with E-state index in [1.165, 1.54) is 0 Å². The van der Waals surface area contributed by atoms with Crippen LogP contribution in [0.15, 0.2) is 24.3 Å². The van der Waals surface area contributed by atoms with Gasteiger partial charge in [0.15, 0.2) is 0 Å². The Balaban J connectivity index is 2.91. The van der Waals surface area contributed by atoms with E-state index >= 15 is 0 Å². The summed E-state index contributed by atoms with van der Waals surface area (Å²) in [7, 11) is 0. The van der Waals surface area contributed by atoms with E-state index in [1.807, 2.05) is 0 Å². The highest BCUT2D eigenvalue weighted by molar-refractivity contribution is 5.70. The molecule has 0 amide bonds. The van der Waals surface area contributed by atoms with Crippen LogP contribution in [0.25, 0.3) is 0 Å². The lowest BCUT2D eigenvalue weighted by atomic mass is 10.1. The molecule has 0 heterocycles. The molecule has 2 aromatic rings. The highest BCUT2D eigenvalue weighted by atomic mass is 16.7. The van der Waals surface area contributed by atoms with Gasteiger partial charge in [-0.15, -0.1) is 0 Å². The van der Waals surface area contributed by atoms with Crippen LogP contribution in [-0.4, -0.2) is 39.4 Å². The van der Waals surface area contributed by atoms with Gasteiger partial charge in [-0.2, -0.15) is 0 Å². The number of nitro groups is 8. The summed E-state index contributed by atoms with van der Waals surface area (Å²) in [4.78, 5) is 78.5. The fourth-order valence-electron chi connectivity index (χ4n) is 3.20. The number of hydrogen-bond acceptors (Lipinski definition) is 17. The molecule has 0 saturated carbocycles. The predicted molar refractivity (Wildman–Crippen MR) is 113 cm³/mol. The number of ether oxygens (including phenoxy) is 1. The van der Waals surface area contributed by atoms with Gasteiger partial charge >= 0.3 is 46.6 Å². The largest absolute Gasteiger partial charge is 0.422 e. The fraction of sp³-hybridized carbons (Fsp3) is 0.143. The zero-order valence-corrected chi connectivity index (χ0v) is 18.0. The van der Waals surface area contributed by atoms with Crippen molar-refractivity contribution in [3.63, 3.8) is 0 Å². The molecule has 0 aliphatic carbocycles. The molecule has 2 unspecified atom stereocenters. The summed E-state index contributed by atoms with van der Waals surface area (Å²) in [5, 5.41) is 91.3. The minimum absolute atomic E-state index is 0.209. The summed E-state index contributed by atoms with van der Waals surface area (Å²) in [6.45, 7) is 0. The minimum Gasteiger partial charge on any atom is -0.262 e. The van der Waals surface area contributed by atoms with Crippen molar-refractivity contribution >= 4 is 34.1 Å². The minimum atomic E-state index is -3.17. The van der Waals surface area contributed by atoms with E-state index in [0.29, 0.717) is 0 Å². The second-order valence-corrected chi connectivity index (χ2v) is 6.70. The fourth-order valence-corrected chi connectivity index (χ4v) is 3.20. The molecule has 2 atom stereocenters. The Hall–Kier alpha value is -6.40. The lowest BCUT2D eigenvalue weighted by Crippen LogP contribution is -2.24. The van der Waals surface area contributed by atoms with Crippen LogP contribution in [0.1, 0.15) is 23.6 Å². The first-order chi connectivity index (χ1) is 18.0. The maximum absolute atomic E-state index is 11.7. The molecule has 39 heavy (non-hydrogen) atoms. The van der Waals surface area contributed by atoms with Crippen LogP contribution in [0, 0.1) is 80.9 Å². The molecule has 0 N–H and O–H groups in total. The van der Waals surface area contributed by atoms with Gasteiger partial charge in [-0.05, 0) is 12.1 Å². The average Bonchev–Trinajstić information content (AvgIpc) is 2.81. The van der Waals surface area contributed by atoms with Gasteiger partial charge in [-0.1, -0.05) is 0 Å². The Morgan fingerprint density at radius 2 is 0.718 bits per heavy atom. The highest BCUT2D eigenvalue weighted by Crippen LogP contribution is 2.46. The number of benzene rings is 2. The molecule has 204 valence electrons. The molecule has 0 bridgehead atoms. The third-order valence-corrected chi connectivity index (χ3v) is 4.62. The zero-order valence-electron chi connectivity index (χ0n) is 18.0. The smallest absolute Gasteiger partial charge is 0.262 e. The molecule has 0 aliphatic heterocycles. The first-order valence-corrected chi connectivity index (χ1v) is 9.15. The van der Waals surface area contributed by atoms with Gasteiger partial charge in [-0.25, -0.2) is 4.74 Å². The van der Waals surface area contributed by atoms with E-state index in [4.69, 9.17) is 0 Å². The maximum atomic E-state index is 11.7. The summed E-state index contributed by atoms with van der Waals surface area (Å²) in [6, 6.07) is 0.863. The molecule has 0 aliphatic rings. The predicted octanol–water partition coefficient (Wildman–Crippen LogP) is 2.40. The van der Waals surface area contributed by atoms with E-state index in [9.17, 15) is 80.9 Å². The van der Waals surface area contributed by atoms with Crippen molar-refractivity contribution in [1.29, 1.82) is 0 Å². The first kappa shape index (κ1) is 28.8. The molecule has 25 heteroatoms. The van der Waals surface area contributed by atoms with Crippen molar-refractivity contribution in [3.8, 4) is 0 Å². The van der Waals surface area contributed by atoms with Gasteiger partial charge in [0, 0.05) is 12.1 Å². The van der Waals surface area contributed by atoms with Gasteiger partial charge in [0.05, 0.1) is 39.4 Å². The van der Waals surface area contributed by atoms with E-state index in [0.717, 1.165) is 0 Å². The Morgan fingerprint density at radius 3 is 0.923 bits per heavy atom. The van der Waals surface area contributed by atoms with E-state index in [-0.39, 0.29) is 24.3 Å². The number of nitrogens with zero attached hydrogens (tertiary/aromatic N) is 8. The lowest BCUT2D eigenvalue weighted by molar-refractivity contribution is -0.658. The van der Waals surface area contributed by atoms with Crippen molar-refractivity contribution in [1.82, 2.24) is 0 Å². The molecular weight excluding hydrogens is 552 g/mol. The van der Waals surface area contributed by atoms with Crippen molar-refractivity contribution in [3.05, 3.63) is 116 Å². The Labute approximate surface area is 208 Å². The maximum Gasteiger partial charge on any atom is 0.422 e. The third kappa shape index (κ3) is 5.40. The summed E-state index contributed by atoms with van der Waals surface area (Å²) < 4.78 is 4.61. The SMILES string of the molecule is O=[N+]([O-])c1ccc(C(OC(c2ccc([N+](=O)[O-])c([N+](=O)[O-])c2[N+](=O)[O-])[N+](=O)[O-])[N+](=O)[O-])c([N+](=O)[O-])c1[N+](=O)[O-]. The van der Waals surface area contributed by atoms with Crippen LogP contribution in [-0.2, 0) is 4.74 Å². The quantitative estimate of drug-likeness (QED) is 0.205. The van der Waals surface area contributed by atoms with Gasteiger partial charge < -0.3 is 0 Å². The highest BCUT2D eigenvalue weighted by Gasteiger charge is 2.50. The van der Waals surface area contributed by atoms with Gasteiger partial charge in [0.1, 0.15) is 11.1 Å². The second kappa shape index (κ2) is 10.7. The molecule has 25 nitrogen and oxygen atoms in total. The average molecular weight is 558 g/mol. The molecule has 0 fully saturated rings. The molecule has 0 aromatic heterocycles. The molecule has 0 radical (unpaired) electrons. The molecule has 2 aromatic carbocycles. The van der Waals surface area contributed by atoms with Crippen LogP contribution < -0.4 is 0 Å². The molecule has 0 saturated heterocycles. The van der Waals surface area contributed by atoms with Gasteiger partial charge in [0.2, 0.25) is 0 Å². The van der Waals surface area contributed by atoms with Crippen molar-refractivity contribution in [2.75, 3.05) is 0 Å². The second-order valence-electron chi connectivity index (χ2n) is 6.70. The van der Waals surface area contributed by atoms with Crippen molar-refractivity contribution < 1.29 is 44.1 Å². The Morgan fingerprint density at radius 1 is 0.436 bits per heavy atom. The lowest BCUT2D eigenvalue weighted by Gasteiger charge is -2.15.